The van der Waals surface area contributed by atoms with Crippen LogP contribution in [0.3, 0.4) is 0 Å². The number of fused-ring (bicyclic) bond motifs is 3. The summed E-state index contributed by atoms with van der Waals surface area (Å²) in [7, 11) is 0. The number of aromatic amines is 1. The summed E-state index contributed by atoms with van der Waals surface area (Å²) >= 11 is 0. The number of nitrogens with one attached hydrogen (secondary N) is 1. The summed E-state index contributed by atoms with van der Waals surface area (Å²) < 4.78 is 2.25. The molecule has 0 saturated carbocycles. The highest BCUT2D eigenvalue weighted by Crippen LogP contribution is 2.29. The highest BCUT2D eigenvalue weighted by atomic mass is 16.1. The van der Waals surface area contributed by atoms with E-state index in [1.807, 2.05) is 29.7 Å². The van der Waals surface area contributed by atoms with E-state index in [1.54, 1.807) is 0 Å². The first kappa shape index (κ1) is 11.5. The number of hydrogen-bond donors (Lipinski definition) is 1. The quantitative estimate of drug-likeness (QED) is 0.720. The summed E-state index contributed by atoms with van der Waals surface area (Å²) in [5, 5.41) is 1.11. The van der Waals surface area contributed by atoms with Gasteiger partial charge >= 0.3 is 0 Å². The number of hydrogen-bond acceptors (Lipinski definition) is 3. The van der Waals surface area contributed by atoms with Gasteiger partial charge in [-0.15, -0.1) is 0 Å². The van der Waals surface area contributed by atoms with Crippen LogP contribution >= 0.6 is 0 Å². The second-order valence-corrected chi connectivity index (χ2v) is 5.26. The Morgan fingerprint density at radius 1 is 1.30 bits per heavy atom. The number of pyridine rings is 1. The smallest absolute Gasteiger partial charge is 0.209 e. The standard InChI is InChI=1S/C14H15N5O/c20-9-18-5-2-10(3-6-18)19-8-17-12-7-16-14-11(13(12)19)1-4-15-14/h1,4,7-10H,2-3,5-6H2,(H,15,16). The highest BCUT2D eigenvalue weighted by Gasteiger charge is 2.22. The Kier molecular flexibility index (Phi) is 2.48. The number of piperidine rings is 1. The molecule has 3 aromatic heterocycles. The molecule has 0 spiro atoms. The summed E-state index contributed by atoms with van der Waals surface area (Å²) in [5.41, 5.74) is 2.96. The van der Waals surface area contributed by atoms with Gasteiger partial charge in [0, 0.05) is 30.7 Å². The zero-order valence-electron chi connectivity index (χ0n) is 11.0. The Hall–Kier alpha value is -2.37. The molecule has 4 heterocycles. The van der Waals surface area contributed by atoms with Gasteiger partial charge in [-0.2, -0.15) is 0 Å². The highest BCUT2D eigenvalue weighted by molar-refractivity contribution is 6.00. The summed E-state index contributed by atoms with van der Waals surface area (Å²) in [4.78, 5) is 24.6. The van der Waals surface area contributed by atoms with Crippen molar-refractivity contribution < 1.29 is 4.79 Å². The van der Waals surface area contributed by atoms with Gasteiger partial charge in [0.05, 0.1) is 18.0 Å². The van der Waals surface area contributed by atoms with Gasteiger partial charge in [-0.1, -0.05) is 0 Å². The zero-order valence-corrected chi connectivity index (χ0v) is 11.0. The molecule has 0 radical (unpaired) electrons. The molecule has 0 aromatic carbocycles. The Balaban J connectivity index is 1.80. The maximum absolute atomic E-state index is 10.8. The van der Waals surface area contributed by atoms with Gasteiger partial charge < -0.3 is 14.5 Å². The molecule has 1 saturated heterocycles. The maximum Gasteiger partial charge on any atom is 0.209 e. The van der Waals surface area contributed by atoms with Crippen molar-refractivity contribution >= 4 is 28.5 Å². The topological polar surface area (TPSA) is 66.8 Å². The van der Waals surface area contributed by atoms with Crippen molar-refractivity contribution in [2.24, 2.45) is 0 Å². The SMILES string of the molecule is O=CN1CCC(n2cnc3cnc4[nH]ccc4c32)CC1. The molecule has 1 fully saturated rings. The number of aromatic nitrogens is 4. The van der Waals surface area contributed by atoms with Gasteiger partial charge in [0.2, 0.25) is 6.41 Å². The van der Waals surface area contributed by atoms with Crippen molar-refractivity contribution in [3.8, 4) is 0 Å². The van der Waals surface area contributed by atoms with E-state index in [2.05, 4.69) is 19.5 Å². The lowest BCUT2D eigenvalue weighted by Gasteiger charge is -2.30. The average molecular weight is 269 g/mol. The molecule has 1 aliphatic heterocycles. The number of rotatable bonds is 2. The first-order valence-electron chi connectivity index (χ1n) is 6.85. The van der Waals surface area contributed by atoms with E-state index in [0.717, 1.165) is 54.4 Å². The van der Waals surface area contributed by atoms with Crippen LogP contribution in [-0.2, 0) is 4.79 Å². The van der Waals surface area contributed by atoms with Gasteiger partial charge in [-0.3, -0.25) is 4.79 Å². The molecule has 3 aromatic rings. The fraction of sp³-hybridized carbons (Fsp3) is 0.357. The van der Waals surface area contributed by atoms with Crippen molar-refractivity contribution in [3.63, 3.8) is 0 Å². The minimum atomic E-state index is 0.400. The zero-order chi connectivity index (χ0) is 13.5. The fourth-order valence-electron chi connectivity index (χ4n) is 3.08. The lowest BCUT2D eigenvalue weighted by molar-refractivity contribution is -0.119. The summed E-state index contributed by atoms with van der Waals surface area (Å²) in [6, 6.07) is 2.44. The summed E-state index contributed by atoms with van der Waals surface area (Å²) in [6.45, 7) is 1.63. The van der Waals surface area contributed by atoms with Crippen LogP contribution in [0.4, 0.5) is 0 Å². The molecule has 102 valence electrons. The van der Waals surface area contributed by atoms with E-state index in [1.165, 1.54) is 0 Å². The van der Waals surface area contributed by atoms with Gasteiger partial charge in [0.15, 0.2) is 0 Å². The van der Waals surface area contributed by atoms with Gasteiger partial charge in [-0.05, 0) is 18.9 Å². The van der Waals surface area contributed by atoms with E-state index in [9.17, 15) is 4.79 Å². The number of nitrogens with zero attached hydrogens (tertiary/aromatic N) is 4. The molecule has 1 amide bonds. The van der Waals surface area contributed by atoms with Crippen molar-refractivity contribution in [2.75, 3.05) is 13.1 Å². The second-order valence-electron chi connectivity index (χ2n) is 5.26. The first-order valence-corrected chi connectivity index (χ1v) is 6.85. The monoisotopic (exact) mass is 269 g/mol. The summed E-state index contributed by atoms with van der Waals surface area (Å²) in [6.07, 6.45) is 8.50. The minimum Gasteiger partial charge on any atom is -0.346 e. The molecule has 1 aliphatic rings. The first-order chi connectivity index (χ1) is 9.86. The van der Waals surface area contributed by atoms with Gasteiger partial charge in [-0.25, -0.2) is 9.97 Å². The average Bonchev–Trinajstić information content (AvgIpc) is 3.13. The van der Waals surface area contributed by atoms with Crippen LogP contribution in [-0.4, -0.2) is 43.9 Å². The normalized spacial score (nSPS) is 17.1. The van der Waals surface area contributed by atoms with Crippen LogP contribution in [0.1, 0.15) is 18.9 Å². The van der Waals surface area contributed by atoms with Gasteiger partial charge in [0.25, 0.3) is 0 Å². The third kappa shape index (κ3) is 1.61. The third-order valence-corrected chi connectivity index (χ3v) is 4.16. The van der Waals surface area contributed by atoms with Crippen LogP contribution in [0.2, 0.25) is 0 Å². The number of carbonyl (C=O) groups is 1. The van der Waals surface area contributed by atoms with Crippen LogP contribution in [0.5, 0.6) is 0 Å². The molecule has 20 heavy (non-hydrogen) atoms. The largest absolute Gasteiger partial charge is 0.346 e. The van der Waals surface area contributed by atoms with E-state index in [0.29, 0.717) is 6.04 Å². The minimum absolute atomic E-state index is 0.400. The molecule has 0 aliphatic carbocycles. The lowest BCUT2D eigenvalue weighted by Crippen LogP contribution is -2.33. The van der Waals surface area contributed by atoms with E-state index < -0.39 is 0 Å². The number of imidazole rings is 1. The number of H-pyrrole nitrogens is 1. The molecule has 1 N–H and O–H groups in total. The van der Waals surface area contributed by atoms with Crippen molar-refractivity contribution in [2.45, 2.75) is 18.9 Å². The Morgan fingerprint density at radius 3 is 2.95 bits per heavy atom. The third-order valence-electron chi connectivity index (χ3n) is 4.16. The van der Waals surface area contributed by atoms with E-state index >= 15 is 0 Å². The van der Waals surface area contributed by atoms with Crippen molar-refractivity contribution in [3.05, 3.63) is 24.8 Å². The molecule has 6 nitrogen and oxygen atoms in total. The number of likely N-dealkylation sites (tertiary alicyclic amines) is 1. The maximum atomic E-state index is 10.8. The Labute approximate surface area is 115 Å². The van der Waals surface area contributed by atoms with Crippen LogP contribution in [0, 0.1) is 0 Å². The fourth-order valence-corrected chi connectivity index (χ4v) is 3.08. The van der Waals surface area contributed by atoms with Crippen LogP contribution in [0.25, 0.3) is 22.1 Å². The van der Waals surface area contributed by atoms with Crippen LogP contribution in [0.15, 0.2) is 24.8 Å². The second kappa shape index (κ2) is 4.33. The lowest BCUT2D eigenvalue weighted by atomic mass is 10.1. The van der Waals surface area contributed by atoms with Crippen molar-refractivity contribution in [1.82, 2.24) is 24.4 Å². The molecule has 4 rings (SSSR count). The Morgan fingerprint density at radius 2 is 2.15 bits per heavy atom. The molecule has 6 heteroatoms. The van der Waals surface area contributed by atoms with Crippen molar-refractivity contribution in [1.29, 1.82) is 0 Å². The molecular formula is C14H15N5O. The molecule has 0 bridgehead atoms. The molecular weight excluding hydrogens is 254 g/mol. The number of carbonyl (C=O) groups excluding carboxylic acids is 1. The Bertz CT molecular complexity index is 766. The van der Waals surface area contributed by atoms with E-state index in [-0.39, 0.29) is 0 Å². The molecule has 0 unspecified atom stereocenters. The predicted molar refractivity (Wildman–Crippen MR) is 75.3 cm³/mol. The van der Waals surface area contributed by atoms with E-state index in [4.69, 9.17) is 0 Å². The molecule has 0 atom stereocenters. The number of amides is 1. The van der Waals surface area contributed by atoms with Gasteiger partial charge in [0.1, 0.15) is 11.2 Å². The van der Waals surface area contributed by atoms with Crippen LogP contribution < -0.4 is 0 Å². The predicted octanol–water partition coefficient (Wildman–Crippen LogP) is 1.71. The summed E-state index contributed by atoms with van der Waals surface area (Å²) in [5.74, 6) is 0.